The molecule has 1 amide bonds. The first-order valence-corrected chi connectivity index (χ1v) is 5.65. The van der Waals surface area contributed by atoms with E-state index in [4.69, 9.17) is 10.5 Å². The maximum atomic E-state index is 11.8. The molecule has 17 heavy (non-hydrogen) atoms. The van der Waals surface area contributed by atoms with E-state index < -0.39 is 0 Å². The molecule has 1 saturated carbocycles. The Kier molecular flexibility index (Phi) is 3.32. The lowest BCUT2D eigenvalue weighted by Crippen LogP contribution is -2.25. The number of amides is 1. The molecular formula is C13H16N2O2. The van der Waals surface area contributed by atoms with Crippen molar-refractivity contribution in [2.24, 2.45) is 0 Å². The van der Waals surface area contributed by atoms with Crippen molar-refractivity contribution < 1.29 is 9.53 Å². The van der Waals surface area contributed by atoms with E-state index in [1.165, 1.54) is 0 Å². The summed E-state index contributed by atoms with van der Waals surface area (Å²) in [5.41, 5.74) is 6.85. The van der Waals surface area contributed by atoms with E-state index in [9.17, 15) is 4.79 Å². The van der Waals surface area contributed by atoms with Gasteiger partial charge in [0.05, 0.1) is 5.69 Å². The van der Waals surface area contributed by atoms with Crippen LogP contribution >= 0.6 is 0 Å². The van der Waals surface area contributed by atoms with Crippen molar-refractivity contribution in [3.63, 3.8) is 0 Å². The number of hydrogen-bond donors (Lipinski definition) is 2. The lowest BCUT2D eigenvalue weighted by Gasteiger charge is -2.09. The molecule has 1 aromatic carbocycles. The van der Waals surface area contributed by atoms with Gasteiger partial charge in [-0.05, 0) is 31.0 Å². The van der Waals surface area contributed by atoms with Gasteiger partial charge in [-0.1, -0.05) is 12.7 Å². The summed E-state index contributed by atoms with van der Waals surface area (Å²) in [6.07, 6.45) is 3.78. The Hall–Kier alpha value is -1.97. The third-order valence-electron chi connectivity index (χ3n) is 2.55. The summed E-state index contributed by atoms with van der Waals surface area (Å²) in [6.45, 7) is 3.94. The SMILES string of the molecule is C=CCOc1cc(C(=O)NC2CC2)ccc1N. The van der Waals surface area contributed by atoms with Crippen LogP contribution in [0.5, 0.6) is 5.75 Å². The molecule has 0 aromatic heterocycles. The number of rotatable bonds is 5. The molecule has 0 spiro atoms. The largest absolute Gasteiger partial charge is 0.487 e. The Morgan fingerprint density at radius 1 is 1.59 bits per heavy atom. The van der Waals surface area contributed by atoms with Gasteiger partial charge in [-0.25, -0.2) is 0 Å². The molecule has 4 nitrogen and oxygen atoms in total. The van der Waals surface area contributed by atoms with E-state index in [1.54, 1.807) is 24.3 Å². The topological polar surface area (TPSA) is 64.3 Å². The molecule has 0 aliphatic heterocycles. The Balaban J connectivity index is 2.10. The molecule has 0 saturated heterocycles. The Bertz CT molecular complexity index is 439. The van der Waals surface area contributed by atoms with Gasteiger partial charge in [0, 0.05) is 11.6 Å². The normalized spacial score (nSPS) is 14.1. The molecule has 1 fully saturated rings. The number of ether oxygens (including phenoxy) is 1. The van der Waals surface area contributed by atoms with Gasteiger partial charge in [0.15, 0.2) is 0 Å². The van der Waals surface area contributed by atoms with Crippen LogP contribution in [0.4, 0.5) is 5.69 Å². The number of carbonyl (C=O) groups excluding carboxylic acids is 1. The van der Waals surface area contributed by atoms with Gasteiger partial charge in [-0.2, -0.15) is 0 Å². The van der Waals surface area contributed by atoms with Gasteiger partial charge in [0.1, 0.15) is 12.4 Å². The minimum atomic E-state index is -0.0732. The van der Waals surface area contributed by atoms with Crippen molar-refractivity contribution in [3.8, 4) is 5.75 Å². The molecule has 0 bridgehead atoms. The third-order valence-corrected chi connectivity index (χ3v) is 2.55. The fourth-order valence-electron chi connectivity index (χ4n) is 1.45. The van der Waals surface area contributed by atoms with Crippen LogP contribution in [-0.4, -0.2) is 18.6 Å². The maximum Gasteiger partial charge on any atom is 0.251 e. The Morgan fingerprint density at radius 3 is 3.00 bits per heavy atom. The van der Waals surface area contributed by atoms with Crippen molar-refractivity contribution in [1.82, 2.24) is 5.32 Å². The highest BCUT2D eigenvalue weighted by Crippen LogP contribution is 2.24. The molecule has 4 heteroatoms. The van der Waals surface area contributed by atoms with E-state index in [1.807, 2.05) is 0 Å². The van der Waals surface area contributed by atoms with E-state index in [0.29, 0.717) is 29.6 Å². The van der Waals surface area contributed by atoms with E-state index in [2.05, 4.69) is 11.9 Å². The number of nitrogens with one attached hydrogen (secondary N) is 1. The van der Waals surface area contributed by atoms with Crippen LogP contribution in [0.25, 0.3) is 0 Å². The second-order valence-electron chi connectivity index (χ2n) is 4.10. The summed E-state index contributed by atoms with van der Waals surface area (Å²) >= 11 is 0. The number of nitrogens with two attached hydrogens (primary N) is 1. The molecule has 1 aliphatic rings. The van der Waals surface area contributed by atoms with Crippen molar-refractivity contribution in [2.75, 3.05) is 12.3 Å². The molecule has 1 aliphatic carbocycles. The third kappa shape index (κ3) is 3.00. The highest BCUT2D eigenvalue weighted by atomic mass is 16.5. The minimum Gasteiger partial charge on any atom is -0.487 e. The summed E-state index contributed by atoms with van der Waals surface area (Å²) in [5, 5.41) is 2.92. The number of nitrogen functional groups attached to an aromatic ring is 1. The monoisotopic (exact) mass is 232 g/mol. The molecule has 3 N–H and O–H groups in total. The molecular weight excluding hydrogens is 216 g/mol. The van der Waals surface area contributed by atoms with E-state index in [-0.39, 0.29) is 5.91 Å². The zero-order valence-corrected chi connectivity index (χ0v) is 9.61. The highest BCUT2D eigenvalue weighted by molar-refractivity contribution is 5.95. The van der Waals surface area contributed by atoms with Crippen LogP contribution in [0.3, 0.4) is 0 Å². The van der Waals surface area contributed by atoms with Gasteiger partial charge in [-0.15, -0.1) is 0 Å². The van der Waals surface area contributed by atoms with E-state index in [0.717, 1.165) is 12.8 Å². The zero-order valence-electron chi connectivity index (χ0n) is 9.61. The van der Waals surface area contributed by atoms with Crippen molar-refractivity contribution in [2.45, 2.75) is 18.9 Å². The molecule has 0 atom stereocenters. The van der Waals surface area contributed by atoms with Gasteiger partial charge in [0.2, 0.25) is 0 Å². The van der Waals surface area contributed by atoms with Crippen molar-refractivity contribution in [1.29, 1.82) is 0 Å². The van der Waals surface area contributed by atoms with Crippen LogP contribution in [0.15, 0.2) is 30.9 Å². The first kappa shape index (κ1) is 11.5. The summed E-state index contributed by atoms with van der Waals surface area (Å²) in [4.78, 5) is 11.8. The zero-order chi connectivity index (χ0) is 12.3. The second-order valence-corrected chi connectivity index (χ2v) is 4.10. The number of anilines is 1. The average molecular weight is 232 g/mol. The molecule has 1 aromatic rings. The number of hydrogen-bond acceptors (Lipinski definition) is 3. The van der Waals surface area contributed by atoms with Crippen LogP contribution in [0, 0.1) is 0 Å². The fourth-order valence-corrected chi connectivity index (χ4v) is 1.45. The standard InChI is InChI=1S/C13H16N2O2/c1-2-7-17-12-8-9(3-6-11(12)14)13(16)15-10-4-5-10/h2-3,6,8,10H,1,4-5,7,14H2,(H,15,16). The van der Waals surface area contributed by atoms with Gasteiger partial charge in [-0.3, -0.25) is 4.79 Å². The smallest absolute Gasteiger partial charge is 0.251 e. The van der Waals surface area contributed by atoms with Crippen molar-refractivity contribution in [3.05, 3.63) is 36.4 Å². The first-order chi connectivity index (χ1) is 8.20. The van der Waals surface area contributed by atoms with Gasteiger partial charge < -0.3 is 15.8 Å². The number of carbonyl (C=O) groups is 1. The predicted molar refractivity (Wildman–Crippen MR) is 67.0 cm³/mol. The van der Waals surface area contributed by atoms with Crippen LogP contribution < -0.4 is 15.8 Å². The summed E-state index contributed by atoms with van der Waals surface area (Å²) in [6, 6.07) is 5.39. The average Bonchev–Trinajstić information content (AvgIpc) is 3.11. The summed E-state index contributed by atoms with van der Waals surface area (Å²) in [5.74, 6) is 0.448. The fraction of sp³-hybridized carbons (Fsp3) is 0.308. The quantitative estimate of drug-likeness (QED) is 0.600. The van der Waals surface area contributed by atoms with Crippen LogP contribution in [-0.2, 0) is 0 Å². The molecule has 2 rings (SSSR count). The predicted octanol–water partition coefficient (Wildman–Crippen LogP) is 1.73. The second kappa shape index (κ2) is 4.91. The van der Waals surface area contributed by atoms with Gasteiger partial charge in [0.25, 0.3) is 5.91 Å². The minimum absolute atomic E-state index is 0.0732. The molecule has 0 heterocycles. The Labute approximate surface area is 100 Å². The summed E-state index contributed by atoms with van der Waals surface area (Å²) in [7, 11) is 0. The van der Waals surface area contributed by atoms with Crippen LogP contribution in [0.1, 0.15) is 23.2 Å². The first-order valence-electron chi connectivity index (χ1n) is 5.65. The summed E-state index contributed by atoms with van der Waals surface area (Å²) < 4.78 is 5.37. The molecule has 0 radical (unpaired) electrons. The lowest BCUT2D eigenvalue weighted by molar-refractivity contribution is 0.0950. The number of benzene rings is 1. The Morgan fingerprint density at radius 2 is 2.35 bits per heavy atom. The molecule has 0 unspecified atom stereocenters. The maximum absolute atomic E-state index is 11.8. The van der Waals surface area contributed by atoms with E-state index >= 15 is 0 Å². The van der Waals surface area contributed by atoms with Crippen molar-refractivity contribution >= 4 is 11.6 Å². The van der Waals surface area contributed by atoms with Crippen LogP contribution in [0.2, 0.25) is 0 Å². The highest BCUT2D eigenvalue weighted by Gasteiger charge is 2.24. The van der Waals surface area contributed by atoms with Gasteiger partial charge >= 0.3 is 0 Å². The lowest BCUT2D eigenvalue weighted by atomic mass is 10.2. The molecule has 90 valence electrons.